The van der Waals surface area contributed by atoms with Gasteiger partial charge in [0.15, 0.2) is 0 Å². The highest BCUT2D eigenvalue weighted by molar-refractivity contribution is 5.90. The fourth-order valence-corrected chi connectivity index (χ4v) is 2.37. The maximum atomic E-state index is 12.3. The molecule has 0 bridgehead atoms. The Morgan fingerprint density at radius 2 is 2.48 bits per heavy atom. The molecule has 7 nitrogen and oxygen atoms in total. The van der Waals surface area contributed by atoms with Crippen LogP contribution in [0.3, 0.4) is 0 Å². The number of carbonyl (C=O) groups excluding carboxylic acids is 1. The summed E-state index contributed by atoms with van der Waals surface area (Å²) in [5.41, 5.74) is 0.953. The lowest BCUT2D eigenvalue weighted by atomic mass is 10.2. The molecule has 3 rings (SSSR count). The van der Waals surface area contributed by atoms with Gasteiger partial charge < -0.3 is 14.7 Å². The van der Waals surface area contributed by atoms with E-state index in [1.54, 1.807) is 24.3 Å². The quantitative estimate of drug-likeness (QED) is 0.908. The number of nitrogens with one attached hydrogen (secondary N) is 1. The highest BCUT2D eigenvalue weighted by Crippen LogP contribution is 2.21. The average Bonchev–Trinajstić information content (AvgIpc) is 3.18. The zero-order valence-corrected chi connectivity index (χ0v) is 11.8. The van der Waals surface area contributed by atoms with Crippen LogP contribution in [0.2, 0.25) is 0 Å². The maximum absolute atomic E-state index is 12.3. The van der Waals surface area contributed by atoms with Crippen LogP contribution in [0.15, 0.2) is 29.0 Å². The predicted molar refractivity (Wildman–Crippen MR) is 74.3 cm³/mol. The van der Waals surface area contributed by atoms with Gasteiger partial charge in [-0.15, -0.1) is 0 Å². The zero-order valence-electron chi connectivity index (χ0n) is 11.8. The van der Waals surface area contributed by atoms with Gasteiger partial charge in [-0.25, -0.2) is 0 Å². The van der Waals surface area contributed by atoms with Crippen molar-refractivity contribution in [2.45, 2.75) is 25.4 Å². The lowest BCUT2D eigenvalue weighted by Gasteiger charge is -2.14. The van der Waals surface area contributed by atoms with Crippen LogP contribution in [-0.2, 0) is 6.54 Å². The van der Waals surface area contributed by atoms with Crippen LogP contribution < -0.4 is 5.32 Å². The first-order chi connectivity index (χ1) is 10.2. The van der Waals surface area contributed by atoms with Gasteiger partial charge in [-0.3, -0.25) is 9.78 Å². The Kier molecular flexibility index (Phi) is 3.92. The van der Waals surface area contributed by atoms with Crippen LogP contribution in [0.4, 0.5) is 0 Å². The van der Waals surface area contributed by atoms with E-state index >= 15 is 0 Å². The molecule has 1 aliphatic heterocycles. The molecule has 1 fully saturated rings. The minimum atomic E-state index is -0.258. The van der Waals surface area contributed by atoms with E-state index in [9.17, 15) is 4.79 Å². The first kappa shape index (κ1) is 13.7. The van der Waals surface area contributed by atoms with Crippen molar-refractivity contribution in [2.75, 3.05) is 13.6 Å². The minimum Gasteiger partial charge on any atom is -0.337 e. The predicted octanol–water partition coefficient (Wildman–Crippen LogP) is 1.16. The SMILES string of the molecule is CN(Cc1cccnc1)C(=O)c1noc(C2CCCN2)n1. The third-order valence-corrected chi connectivity index (χ3v) is 3.48. The highest BCUT2D eigenvalue weighted by Gasteiger charge is 2.25. The summed E-state index contributed by atoms with van der Waals surface area (Å²) in [6, 6.07) is 3.83. The van der Waals surface area contributed by atoms with Gasteiger partial charge in [0, 0.05) is 26.0 Å². The number of hydrogen-bond donors (Lipinski definition) is 1. The summed E-state index contributed by atoms with van der Waals surface area (Å²) in [6.07, 6.45) is 5.47. The maximum Gasteiger partial charge on any atom is 0.295 e. The first-order valence-electron chi connectivity index (χ1n) is 6.95. The molecule has 0 saturated carbocycles. The molecule has 0 radical (unpaired) electrons. The number of carbonyl (C=O) groups is 1. The summed E-state index contributed by atoms with van der Waals surface area (Å²) in [6.45, 7) is 1.40. The van der Waals surface area contributed by atoms with Gasteiger partial charge in [0.1, 0.15) is 0 Å². The Morgan fingerprint density at radius 1 is 1.57 bits per heavy atom. The van der Waals surface area contributed by atoms with Gasteiger partial charge >= 0.3 is 0 Å². The van der Waals surface area contributed by atoms with E-state index in [0.717, 1.165) is 24.9 Å². The molecule has 0 aromatic carbocycles. The third-order valence-electron chi connectivity index (χ3n) is 3.48. The lowest BCUT2D eigenvalue weighted by molar-refractivity contribution is 0.0769. The zero-order chi connectivity index (χ0) is 14.7. The molecule has 0 aliphatic carbocycles. The fourth-order valence-electron chi connectivity index (χ4n) is 2.37. The van der Waals surface area contributed by atoms with E-state index in [4.69, 9.17) is 4.52 Å². The van der Waals surface area contributed by atoms with Crippen LogP contribution in [0.1, 0.15) is 41.0 Å². The van der Waals surface area contributed by atoms with Gasteiger partial charge in [-0.1, -0.05) is 11.2 Å². The van der Waals surface area contributed by atoms with Gasteiger partial charge in [-0.05, 0) is 31.0 Å². The number of amides is 1. The average molecular weight is 287 g/mol. The Hall–Kier alpha value is -2.28. The fraction of sp³-hybridized carbons (Fsp3) is 0.429. The normalized spacial score (nSPS) is 17.9. The summed E-state index contributed by atoms with van der Waals surface area (Å²) in [7, 11) is 1.71. The Morgan fingerprint density at radius 3 is 3.19 bits per heavy atom. The van der Waals surface area contributed by atoms with Crippen molar-refractivity contribution in [3.05, 3.63) is 41.8 Å². The van der Waals surface area contributed by atoms with Gasteiger partial charge in [-0.2, -0.15) is 4.98 Å². The molecule has 1 unspecified atom stereocenters. The second-order valence-electron chi connectivity index (χ2n) is 5.13. The van der Waals surface area contributed by atoms with Crippen LogP contribution in [0.5, 0.6) is 0 Å². The Bertz CT molecular complexity index is 607. The molecule has 110 valence electrons. The lowest BCUT2D eigenvalue weighted by Crippen LogP contribution is -2.27. The van der Waals surface area contributed by atoms with Crippen molar-refractivity contribution < 1.29 is 9.32 Å². The molecule has 3 heterocycles. The topological polar surface area (TPSA) is 84.2 Å². The van der Waals surface area contributed by atoms with Crippen molar-refractivity contribution in [1.82, 2.24) is 25.3 Å². The Balaban J connectivity index is 1.67. The molecular formula is C14H17N5O2. The standard InChI is InChI=1S/C14H17N5O2/c1-19(9-10-4-2-6-15-8-10)14(20)12-17-13(21-18-12)11-5-3-7-16-11/h2,4,6,8,11,16H,3,5,7,9H2,1H3. The molecule has 1 saturated heterocycles. The minimum absolute atomic E-state index is 0.0719. The smallest absolute Gasteiger partial charge is 0.295 e. The number of aromatic nitrogens is 3. The summed E-state index contributed by atoms with van der Waals surface area (Å²) >= 11 is 0. The van der Waals surface area contributed by atoms with Crippen molar-refractivity contribution >= 4 is 5.91 Å². The molecule has 0 spiro atoms. The van der Waals surface area contributed by atoms with E-state index in [-0.39, 0.29) is 17.8 Å². The number of nitrogens with zero attached hydrogens (tertiary/aromatic N) is 4. The van der Waals surface area contributed by atoms with E-state index < -0.39 is 0 Å². The summed E-state index contributed by atoms with van der Waals surface area (Å²) in [5, 5.41) is 7.06. The molecule has 1 N–H and O–H groups in total. The van der Waals surface area contributed by atoms with Crippen LogP contribution >= 0.6 is 0 Å². The van der Waals surface area contributed by atoms with E-state index in [0.29, 0.717) is 12.4 Å². The van der Waals surface area contributed by atoms with E-state index in [1.165, 1.54) is 0 Å². The van der Waals surface area contributed by atoms with Crippen LogP contribution in [0, 0.1) is 0 Å². The largest absolute Gasteiger partial charge is 0.337 e. The van der Waals surface area contributed by atoms with Gasteiger partial charge in [0.2, 0.25) is 5.89 Å². The van der Waals surface area contributed by atoms with Crippen LogP contribution in [-0.4, -0.2) is 39.5 Å². The molecule has 1 aliphatic rings. The summed E-state index contributed by atoms with van der Waals surface area (Å²) in [4.78, 5) is 22.1. The number of hydrogen-bond acceptors (Lipinski definition) is 6. The molecule has 7 heteroatoms. The van der Waals surface area contributed by atoms with Crippen molar-refractivity contribution in [1.29, 1.82) is 0 Å². The summed E-state index contributed by atoms with van der Waals surface area (Å²) in [5.74, 6) is 0.336. The van der Waals surface area contributed by atoms with Crippen LogP contribution in [0.25, 0.3) is 0 Å². The van der Waals surface area contributed by atoms with Crippen molar-refractivity contribution in [3.63, 3.8) is 0 Å². The third kappa shape index (κ3) is 3.08. The van der Waals surface area contributed by atoms with Gasteiger partial charge in [0.25, 0.3) is 11.7 Å². The monoisotopic (exact) mass is 287 g/mol. The van der Waals surface area contributed by atoms with E-state index in [2.05, 4.69) is 20.4 Å². The van der Waals surface area contributed by atoms with E-state index in [1.807, 2.05) is 12.1 Å². The summed E-state index contributed by atoms with van der Waals surface area (Å²) < 4.78 is 5.19. The molecule has 2 aromatic rings. The molecule has 21 heavy (non-hydrogen) atoms. The second-order valence-corrected chi connectivity index (χ2v) is 5.13. The molecule has 2 aromatic heterocycles. The first-order valence-corrected chi connectivity index (χ1v) is 6.95. The van der Waals surface area contributed by atoms with Gasteiger partial charge in [0.05, 0.1) is 6.04 Å². The molecular weight excluding hydrogens is 270 g/mol. The van der Waals surface area contributed by atoms with Crippen molar-refractivity contribution in [2.24, 2.45) is 0 Å². The number of pyridine rings is 1. The van der Waals surface area contributed by atoms with Crippen molar-refractivity contribution in [3.8, 4) is 0 Å². The second kappa shape index (κ2) is 6.01. The Labute approximate surface area is 122 Å². The highest BCUT2D eigenvalue weighted by atomic mass is 16.5. The molecule has 1 amide bonds. The molecule has 1 atom stereocenters. The number of rotatable bonds is 4.